The van der Waals surface area contributed by atoms with Crippen LogP contribution in [0.15, 0.2) is 40.9 Å². The highest BCUT2D eigenvalue weighted by Crippen LogP contribution is 2.34. The van der Waals surface area contributed by atoms with Gasteiger partial charge in [0.2, 0.25) is 0 Å². The van der Waals surface area contributed by atoms with E-state index in [9.17, 15) is 0 Å². The summed E-state index contributed by atoms with van der Waals surface area (Å²) in [7, 11) is 0. The first-order valence-electron chi connectivity index (χ1n) is 7.04. The van der Waals surface area contributed by atoms with Gasteiger partial charge in [-0.2, -0.15) is 0 Å². The van der Waals surface area contributed by atoms with Crippen molar-refractivity contribution in [2.45, 2.75) is 26.8 Å². The molecule has 1 N–H and O–H groups in total. The van der Waals surface area contributed by atoms with E-state index in [1.807, 2.05) is 43.3 Å². The van der Waals surface area contributed by atoms with Crippen LogP contribution in [0.1, 0.15) is 24.5 Å². The van der Waals surface area contributed by atoms with E-state index in [2.05, 4.69) is 28.2 Å². The van der Waals surface area contributed by atoms with Crippen molar-refractivity contribution in [1.82, 2.24) is 5.32 Å². The first-order valence-corrected chi connectivity index (χ1v) is 8.21. The third-order valence-corrected chi connectivity index (χ3v) is 4.33. The van der Waals surface area contributed by atoms with Crippen LogP contribution in [0, 0.1) is 6.92 Å². The van der Waals surface area contributed by atoms with E-state index < -0.39 is 0 Å². The second-order valence-corrected chi connectivity index (χ2v) is 6.18. The number of ether oxygens (including phenoxy) is 1. The first-order chi connectivity index (χ1) is 10.1. The Labute approximate surface area is 139 Å². The quantitative estimate of drug-likeness (QED) is 0.660. The van der Waals surface area contributed by atoms with Gasteiger partial charge in [0.1, 0.15) is 11.5 Å². The minimum atomic E-state index is 0.631. The third-order valence-electron chi connectivity index (χ3n) is 3.14. The Morgan fingerprint density at radius 2 is 2.05 bits per heavy atom. The van der Waals surface area contributed by atoms with Crippen LogP contribution in [0.2, 0.25) is 5.02 Å². The normalized spacial score (nSPS) is 10.7. The van der Waals surface area contributed by atoms with Gasteiger partial charge < -0.3 is 10.1 Å². The Kier molecular flexibility index (Phi) is 6.09. The molecule has 0 bridgehead atoms. The number of rotatable bonds is 6. The number of hydrogen-bond donors (Lipinski definition) is 1. The van der Waals surface area contributed by atoms with Crippen LogP contribution in [0.5, 0.6) is 11.5 Å². The van der Waals surface area contributed by atoms with E-state index in [1.54, 1.807) is 0 Å². The number of halogens is 2. The summed E-state index contributed by atoms with van der Waals surface area (Å²) in [5, 5.41) is 4.01. The molecule has 4 heteroatoms. The lowest BCUT2D eigenvalue weighted by atomic mass is 10.2. The summed E-state index contributed by atoms with van der Waals surface area (Å²) in [6.45, 7) is 5.91. The number of para-hydroxylation sites is 1. The highest BCUT2D eigenvalue weighted by Gasteiger charge is 2.10. The fourth-order valence-corrected chi connectivity index (χ4v) is 2.48. The van der Waals surface area contributed by atoms with Crippen molar-refractivity contribution in [3.8, 4) is 11.5 Å². The fraction of sp³-hybridized carbons (Fsp3) is 0.294. The summed E-state index contributed by atoms with van der Waals surface area (Å²) in [5.41, 5.74) is 2.20. The van der Waals surface area contributed by atoms with Crippen LogP contribution in [-0.4, -0.2) is 6.54 Å². The second kappa shape index (κ2) is 7.83. The predicted octanol–water partition coefficient (Wildman–Crippen LogP) is 5.70. The zero-order chi connectivity index (χ0) is 15.2. The van der Waals surface area contributed by atoms with Crippen LogP contribution in [0.4, 0.5) is 0 Å². The Morgan fingerprint density at radius 1 is 1.24 bits per heavy atom. The molecule has 112 valence electrons. The second-order valence-electron chi connectivity index (χ2n) is 4.92. The molecule has 0 heterocycles. The van der Waals surface area contributed by atoms with Crippen molar-refractivity contribution >= 4 is 27.5 Å². The summed E-state index contributed by atoms with van der Waals surface area (Å²) < 4.78 is 7.08. The highest BCUT2D eigenvalue weighted by molar-refractivity contribution is 9.10. The van der Waals surface area contributed by atoms with Crippen molar-refractivity contribution < 1.29 is 4.74 Å². The summed E-state index contributed by atoms with van der Waals surface area (Å²) in [6.07, 6.45) is 1.10. The molecule has 21 heavy (non-hydrogen) atoms. The largest absolute Gasteiger partial charge is 0.455 e. The number of hydrogen-bond acceptors (Lipinski definition) is 2. The summed E-state index contributed by atoms with van der Waals surface area (Å²) >= 11 is 9.80. The Bertz CT molecular complexity index is 616. The van der Waals surface area contributed by atoms with Gasteiger partial charge in [-0.25, -0.2) is 0 Å². The van der Waals surface area contributed by atoms with Gasteiger partial charge in [-0.15, -0.1) is 0 Å². The standard InChI is InChI=1S/C17H19BrClNO/c1-3-9-20-11-13-5-4-6-16(19)17(13)21-14-7-8-15(18)12(2)10-14/h4-8,10,20H,3,9,11H2,1-2H3. The molecule has 0 atom stereocenters. The molecule has 0 fully saturated rings. The molecule has 0 amide bonds. The fourth-order valence-electron chi connectivity index (χ4n) is 2.01. The van der Waals surface area contributed by atoms with E-state index in [4.69, 9.17) is 16.3 Å². The van der Waals surface area contributed by atoms with Crippen molar-refractivity contribution in [3.05, 3.63) is 57.0 Å². The lowest BCUT2D eigenvalue weighted by Gasteiger charge is -2.14. The van der Waals surface area contributed by atoms with E-state index in [1.165, 1.54) is 0 Å². The van der Waals surface area contributed by atoms with Gasteiger partial charge in [0.15, 0.2) is 0 Å². The molecule has 0 saturated carbocycles. The van der Waals surface area contributed by atoms with Gasteiger partial charge in [0, 0.05) is 16.6 Å². The minimum absolute atomic E-state index is 0.631. The van der Waals surface area contributed by atoms with Crippen LogP contribution in [0.25, 0.3) is 0 Å². The summed E-state index contributed by atoms with van der Waals surface area (Å²) in [5.74, 6) is 1.52. The third kappa shape index (κ3) is 4.47. The van der Waals surface area contributed by atoms with Crippen LogP contribution in [0.3, 0.4) is 0 Å². The minimum Gasteiger partial charge on any atom is -0.455 e. The summed E-state index contributed by atoms with van der Waals surface area (Å²) in [6, 6.07) is 11.8. The number of benzene rings is 2. The maximum absolute atomic E-state index is 6.30. The van der Waals surface area contributed by atoms with Crippen LogP contribution >= 0.6 is 27.5 Å². The molecular weight excluding hydrogens is 350 g/mol. The molecule has 0 unspecified atom stereocenters. The van der Waals surface area contributed by atoms with Crippen molar-refractivity contribution in [2.75, 3.05) is 6.54 Å². The lowest BCUT2D eigenvalue weighted by Crippen LogP contribution is -2.14. The molecule has 0 radical (unpaired) electrons. The van der Waals surface area contributed by atoms with Gasteiger partial charge in [0.05, 0.1) is 5.02 Å². The monoisotopic (exact) mass is 367 g/mol. The van der Waals surface area contributed by atoms with E-state index >= 15 is 0 Å². The lowest BCUT2D eigenvalue weighted by molar-refractivity contribution is 0.472. The molecule has 0 aliphatic rings. The van der Waals surface area contributed by atoms with E-state index in [0.29, 0.717) is 5.02 Å². The van der Waals surface area contributed by atoms with E-state index in [-0.39, 0.29) is 0 Å². The average Bonchev–Trinajstić information content (AvgIpc) is 2.46. The Hall–Kier alpha value is -1.03. The SMILES string of the molecule is CCCNCc1cccc(Cl)c1Oc1ccc(Br)c(C)c1. The van der Waals surface area contributed by atoms with Crippen molar-refractivity contribution in [3.63, 3.8) is 0 Å². The molecular formula is C17H19BrClNO. The molecule has 2 nitrogen and oxygen atoms in total. The Balaban J connectivity index is 2.23. The molecule has 2 aromatic rings. The van der Waals surface area contributed by atoms with Crippen molar-refractivity contribution in [2.24, 2.45) is 0 Å². The Morgan fingerprint density at radius 3 is 2.76 bits per heavy atom. The first kappa shape index (κ1) is 16.3. The predicted molar refractivity (Wildman–Crippen MR) is 92.4 cm³/mol. The van der Waals surface area contributed by atoms with Gasteiger partial charge in [-0.05, 0) is 49.7 Å². The topological polar surface area (TPSA) is 21.3 Å². The molecule has 0 saturated heterocycles. The molecule has 0 spiro atoms. The molecule has 2 aromatic carbocycles. The smallest absolute Gasteiger partial charge is 0.150 e. The maximum atomic E-state index is 6.30. The van der Waals surface area contributed by atoms with Gasteiger partial charge >= 0.3 is 0 Å². The van der Waals surface area contributed by atoms with Gasteiger partial charge in [0.25, 0.3) is 0 Å². The average molecular weight is 369 g/mol. The van der Waals surface area contributed by atoms with Crippen LogP contribution in [-0.2, 0) is 6.54 Å². The van der Waals surface area contributed by atoms with E-state index in [0.717, 1.165) is 46.6 Å². The highest BCUT2D eigenvalue weighted by atomic mass is 79.9. The van der Waals surface area contributed by atoms with Gasteiger partial charge in [-0.3, -0.25) is 0 Å². The number of nitrogens with one attached hydrogen (secondary N) is 1. The molecule has 0 aliphatic heterocycles. The molecule has 0 aromatic heterocycles. The van der Waals surface area contributed by atoms with Crippen LogP contribution < -0.4 is 10.1 Å². The maximum Gasteiger partial charge on any atom is 0.150 e. The van der Waals surface area contributed by atoms with Crippen molar-refractivity contribution in [1.29, 1.82) is 0 Å². The molecule has 0 aliphatic carbocycles. The van der Waals surface area contributed by atoms with Gasteiger partial charge in [-0.1, -0.05) is 46.6 Å². The number of aryl methyl sites for hydroxylation is 1. The zero-order valence-electron chi connectivity index (χ0n) is 12.2. The summed E-state index contributed by atoms with van der Waals surface area (Å²) in [4.78, 5) is 0. The molecule has 2 rings (SSSR count). The zero-order valence-corrected chi connectivity index (χ0v) is 14.6.